The Hall–Kier alpha value is -2.88. The summed E-state index contributed by atoms with van der Waals surface area (Å²) < 4.78 is 5.43. The fourth-order valence-electron chi connectivity index (χ4n) is 2.32. The number of hydrogen-bond acceptors (Lipinski definition) is 4. The smallest absolute Gasteiger partial charge is 0.342 e. The molecule has 0 aliphatic rings. The van der Waals surface area contributed by atoms with Crippen molar-refractivity contribution in [2.45, 2.75) is 13.0 Å². The fraction of sp³-hybridized carbons (Fsp3) is 0.111. The molecule has 0 unspecified atom stereocenters. The second kappa shape index (κ2) is 5.85. The number of fused-ring (bicyclic) bond motifs is 1. The number of phenolic OH excluding ortho intramolecular Hbond substituents is 1. The van der Waals surface area contributed by atoms with Gasteiger partial charge in [0, 0.05) is 12.4 Å². The topological polar surface area (TPSA) is 59.4 Å². The predicted octanol–water partition coefficient (Wildman–Crippen LogP) is 3.86. The minimum atomic E-state index is -0.549. The molecule has 4 heteroatoms. The lowest BCUT2D eigenvalue weighted by molar-refractivity contribution is 0.0335. The van der Waals surface area contributed by atoms with E-state index in [9.17, 15) is 9.90 Å². The lowest BCUT2D eigenvalue weighted by Crippen LogP contribution is -2.09. The second-order valence-corrected chi connectivity index (χ2v) is 5.04. The largest absolute Gasteiger partial charge is 0.507 e. The van der Waals surface area contributed by atoms with Crippen LogP contribution in [-0.2, 0) is 4.74 Å². The Morgan fingerprint density at radius 3 is 2.41 bits per heavy atom. The first-order chi connectivity index (χ1) is 10.6. The molecule has 110 valence electrons. The highest BCUT2D eigenvalue weighted by atomic mass is 16.5. The first kappa shape index (κ1) is 14.1. The van der Waals surface area contributed by atoms with Crippen LogP contribution in [0.3, 0.4) is 0 Å². The highest BCUT2D eigenvalue weighted by Crippen LogP contribution is 2.27. The van der Waals surface area contributed by atoms with Crippen LogP contribution in [0.2, 0.25) is 0 Å². The molecule has 0 aliphatic heterocycles. The van der Waals surface area contributed by atoms with E-state index in [1.807, 2.05) is 24.3 Å². The third-order valence-corrected chi connectivity index (χ3v) is 3.54. The Labute approximate surface area is 128 Å². The van der Waals surface area contributed by atoms with Crippen molar-refractivity contribution >= 4 is 16.7 Å². The predicted molar refractivity (Wildman–Crippen MR) is 83.7 cm³/mol. The minimum absolute atomic E-state index is 0.0781. The molecule has 1 N–H and O–H groups in total. The van der Waals surface area contributed by atoms with Crippen molar-refractivity contribution in [3.05, 3.63) is 72.1 Å². The zero-order chi connectivity index (χ0) is 15.5. The van der Waals surface area contributed by atoms with Gasteiger partial charge in [-0.1, -0.05) is 24.3 Å². The summed E-state index contributed by atoms with van der Waals surface area (Å²) in [7, 11) is 0. The zero-order valence-corrected chi connectivity index (χ0v) is 12.1. The van der Waals surface area contributed by atoms with E-state index in [0.29, 0.717) is 0 Å². The third-order valence-electron chi connectivity index (χ3n) is 3.54. The number of carbonyl (C=O) groups is 1. The van der Waals surface area contributed by atoms with Crippen LogP contribution in [0.4, 0.5) is 0 Å². The maximum absolute atomic E-state index is 12.3. The van der Waals surface area contributed by atoms with Gasteiger partial charge in [0.1, 0.15) is 17.4 Å². The molecule has 1 atom stereocenters. The van der Waals surface area contributed by atoms with Crippen molar-refractivity contribution in [1.29, 1.82) is 0 Å². The van der Waals surface area contributed by atoms with E-state index in [0.717, 1.165) is 16.3 Å². The standard InChI is InChI=1S/C18H15NO3/c1-12(13-6-8-19-9-7-13)22-18(21)16-10-14-4-2-3-5-15(14)11-17(16)20/h2-12,20H,1H3/t12-/m1/s1. The van der Waals surface area contributed by atoms with Crippen LogP contribution in [0.1, 0.15) is 28.9 Å². The summed E-state index contributed by atoms with van der Waals surface area (Å²) in [5, 5.41) is 11.8. The fourth-order valence-corrected chi connectivity index (χ4v) is 2.32. The van der Waals surface area contributed by atoms with E-state index in [1.165, 1.54) is 0 Å². The normalized spacial score (nSPS) is 12.0. The van der Waals surface area contributed by atoms with Crippen molar-refractivity contribution in [3.8, 4) is 5.75 Å². The van der Waals surface area contributed by atoms with Gasteiger partial charge in [0.25, 0.3) is 0 Å². The van der Waals surface area contributed by atoms with E-state index < -0.39 is 12.1 Å². The SMILES string of the molecule is C[C@@H](OC(=O)c1cc2ccccc2cc1O)c1ccncc1. The molecule has 0 radical (unpaired) electrons. The summed E-state index contributed by atoms with van der Waals surface area (Å²) in [6, 6.07) is 14.3. The number of esters is 1. The first-order valence-corrected chi connectivity index (χ1v) is 6.98. The molecule has 4 nitrogen and oxygen atoms in total. The second-order valence-electron chi connectivity index (χ2n) is 5.04. The Morgan fingerprint density at radius 2 is 1.73 bits per heavy atom. The number of phenols is 1. The van der Waals surface area contributed by atoms with Gasteiger partial charge in [0.15, 0.2) is 0 Å². The molecule has 22 heavy (non-hydrogen) atoms. The minimum Gasteiger partial charge on any atom is -0.507 e. The number of rotatable bonds is 3. The third kappa shape index (κ3) is 2.76. The number of aromatic hydroxyl groups is 1. The maximum Gasteiger partial charge on any atom is 0.342 e. The van der Waals surface area contributed by atoms with Crippen LogP contribution >= 0.6 is 0 Å². The van der Waals surface area contributed by atoms with Gasteiger partial charge in [-0.25, -0.2) is 4.79 Å². The van der Waals surface area contributed by atoms with Crippen molar-refractivity contribution in [2.75, 3.05) is 0 Å². The monoisotopic (exact) mass is 293 g/mol. The number of aromatic nitrogens is 1. The highest BCUT2D eigenvalue weighted by molar-refractivity contribution is 5.98. The molecule has 1 heterocycles. The number of carbonyl (C=O) groups excluding carboxylic acids is 1. The molecule has 0 saturated carbocycles. The van der Waals surface area contributed by atoms with Gasteiger partial charge in [-0.05, 0) is 47.5 Å². The Kier molecular flexibility index (Phi) is 3.74. The summed E-state index contributed by atoms with van der Waals surface area (Å²) in [5.41, 5.74) is 1.02. The molecular weight excluding hydrogens is 278 g/mol. The molecule has 0 amide bonds. The van der Waals surface area contributed by atoms with E-state index in [4.69, 9.17) is 4.74 Å². The van der Waals surface area contributed by atoms with Crippen LogP contribution < -0.4 is 0 Å². The summed E-state index contributed by atoms with van der Waals surface area (Å²) in [5.74, 6) is -0.627. The Bertz CT molecular complexity index is 815. The Balaban J connectivity index is 1.87. The van der Waals surface area contributed by atoms with E-state index in [-0.39, 0.29) is 11.3 Å². The van der Waals surface area contributed by atoms with Crippen molar-refractivity contribution in [1.82, 2.24) is 4.98 Å². The van der Waals surface area contributed by atoms with Crippen LogP contribution in [0.15, 0.2) is 60.9 Å². The lowest BCUT2D eigenvalue weighted by Gasteiger charge is -2.14. The van der Waals surface area contributed by atoms with Crippen LogP contribution in [-0.4, -0.2) is 16.1 Å². The maximum atomic E-state index is 12.3. The summed E-state index contributed by atoms with van der Waals surface area (Å²) in [6.45, 7) is 1.78. The molecular formula is C18H15NO3. The molecule has 2 aromatic carbocycles. The van der Waals surface area contributed by atoms with Gasteiger partial charge in [-0.2, -0.15) is 0 Å². The zero-order valence-electron chi connectivity index (χ0n) is 12.1. The van der Waals surface area contributed by atoms with Gasteiger partial charge in [0.05, 0.1) is 0 Å². The quantitative estimate of drug-likeness (QED) is 0.745. The van der Waals surface area contributed by atoms with Crippen LogP contribution in [0.5, 0.6) is 5.75 Å². The van der Waals surface area contributed by atoms with E-state index in [1.54, 1.807) is 43.6 Å². The average Bonchev–Trinajstić information content (AvgIpc) is 2.54. The summed E-state index contributed by atoms with van der Waals surface area (Å²) in [4.78, 5) is 16.2. The highest BCUT2D eigenvalue weighted by Gasteiger charge is 2.17. The number of hydrogen-bond donors (Lipinski definition) is 1. The molecule has 3 rings (SSSR count). The number of benzene rings is 2. The molecule has 0 bridgehead atoms. The Morgan fingerprint density at radius 1 is 1.09 bits per heavy atom. The number of nitrogens with zero attached hydrogens (tertiary/aromatic N) is 1. The van der Waals surface area contributed by atoms with Crippen molar-refractivity contribution < 1.29 is 14.6 Å². The molecule has 0 spiro atoms. The molecule has 3 aromatic rings. The van der Waals surface area contributed by atoms with E-state index >= 15 is 0 Å². The van der Waals surface area contributed by atoms with Gasteiger partial charge in [-0.3, -0.25) is 4.98 Å². The molecule has 0 fully saturated rings. The van der Waals surface area contributed by atoms with Crippen LogP contribution in [0, 0.1) is 0 Å². The lowest BCUT2D eigenvalue weighted by atomic mass is 10.1. The van der Waals surface area contributed by atoms with Crippen molar-refractivity contribution in [2.24, 2.45) is 0 Å². The van der Waals surface area contributed by atoms with Gasteiger partial charge < -0.3 is 9.84 Å². The number of pyridine rings is 1. The van der Waals surface area contributed by atoms with Gasteiger partial charge in [0.2, 0.25) is 0 Å². The molecule has 0 saturated heterocycles. The van der Waals surface area contributed by atoms with E-state index in [2.05, 4.69) is 4.98 Å². The van der Waals surface area contributed by atoms with Crippen molar-refractivity contribution in [3.63, 3.8) is 0 Å². The van der Waals surface area contributed by atoms with Crippen LogP contribution in [0.25, 0.3) is 10.8 Å². The number of ether oxygens (including phenoxy) is 1. The molecule has 1 aromatic heterocycles. The summed E-state index contributed by atoms with van der Waals surface area (Å²) >= 11 is 0. The molecule has 0 aliphatic carbocycles. The van der Waals surface area contributed by atoms with Gasteiger partial charge >= 0.3 is 5.97 Å². The van der Waals surface area contributed by atoms with Gasteiger partial charge in [-0.15, -0.1) is 0 Å². The average molecular weight is 293 g/mol. The summed E-state index contributed by atoms with van der Waals surface area (Å²) in [6.07, 6.45) is 2.88. The first-order valence-electron chi connectivity index (χ1n) is 6.98.